The van der Waals surface area contributed by atoms with Crippen LogP contribution in [0.5, 0.6) is 0 Å². The van der Waals surface area contributed by atoms with Gasteiger partial charge in [-0.05, 0) is 73.3 Å². The summed E-state index contributed by atoms with van der Waals surface area (Å²) < 4.78 is 3.23. The van der Waals surface area contributed by atoms with Crippen molar-refractivity contribution < 1.29 is 34.6 Å². The van der Waals surface area contributed by atoms with Crippen molar-refractivity contribution in [1.82, 2.24) is 4.98 Å². The first kappa shape index (κ1) is 43.1. The minimum atomic E-state index is -0.337. The van der Waals surface area contributed by atoms with Crippen molar-refractivity contribution in [3.63, 3.8) is 0 Å². The van der Waals surface area contributed by atoms with Gasteiger partial charge in [-0.15, -0.1) is 40.5 Å². The van der Waals surface area contributed by atoms with E-state index in [0.29, 0.717) is 5.92 Å². The van der Waals surface area contributed by atoms with Gasteiger partial charge in [0.1, 0.15) is 11.5 Å². The Morgan fingerprint density at radius 2 is 1.56 bits per heavy atom. The van der Waals surface area contributed by atoms with Crippen molar-refractivity contribution in [1.29, 1.82) is 0 Å². The number of thiophene rings is 1. The van der Waals surface area contributed by atoms with Crippen LogP contribution in [0, 0.1) is 29.9 Å². The van der Waals surface area contributed by atoms with E-state index in [9.17, 15) is 9.90 Å². The van der Waals surface area contributed by atoms with Gasteiger partial charge in [-0.1, -0.05) is 105 Å². The van der Waals surface area contributed by atoms with Crippen LogP contribution in [-0.2, 0) is 36.7 Å². The molecule has 2 aromatic carbocycles. The average Bonchev–Trinajstić information content (AvgIpc) is 3.52. The first-order chi connectivity index (χ1) is 24.0. The molecule has 0 amide bonds. The number of hydrogen-bond acceptors (Lipinski definition) is 4. The molecule has 0 saturated carbocycles. The van der Waals surface area contributed by atoms with Gasteiger partial charge < -0.3 is 9.67 Å². The van der Waals surface area contributed by atoms with E-state index in [0.717, 1.165) is 60.0 Å². The van der Waals surface area contributed by atoms with E-state index >= 15 is 0 Å². The minimum absolute atomic E-state index is 0. The van der Waals surface area contributed by atoms with Crippen LogP contribution in [-0.4, -0.2) is 15.9 Å². The summed E-state index contributed by atoms with van der Waals surface area (Å²) in [7, 11) is 4.28. The zero-order chi connectivity index (χ0) is 37.7. The van der Waals surface area contributed by atoms with E-state index < -0.39 is 0 Å². The quantitative estimate of drug-likeness (QED) is 0.0622. The molecule has 3 heterocycles. The third kappa shape index (κ3) is 9.61. The number of allylic oxidation sites excluding steroid dienone is 2. The Hall–Kier alpha value is -3.31. The number of rotatable bonds is 11. The topological polar surface area (TPSA) is 54.1 Å². The van der Waals surface area contributed by atoms with E-state index in [1.54, 1.807) is 0 Å². The van der Waals surface area contributed by atoms with Crippen LogP contribution in [0.4, 0.5) is 0 Å². The van der Waals surface area contributed by atoms with Crippen molar-refractivity contribution in [2.45, 2.75) is 114 Å². The SMILES string of the molecule is CCC(C)(CC)C(=O)/C=C(\O)C(C)(CC)CC.[CH2-][n+]1ccc(-c2nccc3sc(CC(C)C)cc23)cc1-c1[c-]c2ccccc2c(C(C)(C)C)c1.[Ir]. The van der Waals surface area contributed by atoms with E-state index in [-0.39, 0.29) is 47.9 Å². The monoisotopic (exact) mass is 896 g/mol. The molecule has 281 valence electrons. The summed E-state index contributed by atoms with van der Waals surface area (Å²) in [5.74, 6) is 0.923. The van der Waals surface area contributed by atoms with E-state index in [1.165, 1.54) is 32.0 Å². The molecule has 0 atom stereocenters. The number of hydrogen-bond donors (Lipinski definition) is 1. The van der Waals surface area contributed by atoms with Crippen molar-refractivity contribution in [2.24, 2.45) is 16.7 Å². The minimum Gasteiger partial charge on any atom is -0.512 e. The molecule has 0 unspecified atom stereocenters. The zero-order valence-electron chi connectivity index (χ0n) is 33.2. The summed E-state index contributed by atoms with van der Waals surface area (Å²) in [4.78, 5) is 18.4. The molecular formula is C46H59IrN2O2S-. The molecule has 5 rings (SSSR count). The van der Waals surface area contributed by atoms with Gasteiger partial charge in [-0.3, -0.25) is 9.78 Å². The maximum atomic E-state index is 12.2. The Labute approximate surface area is 331 Å². The van der Waals surface area contributed by atoms with Crippen LogP contribution in [0.3, 0.4) is 0 Å². The molecule has 0 aliphatic rings. The Kier molecular flexibility index (Phi) is 14.6. The number of benzene rings is 2. The average molecular weight is 896 g/mol. The van der Waals surface area contributed by atoms with Gasteiger partial charge in [-0.2, -0.15) is 0 Å². The first-order valence-electron chi connectivity index (χ1n) is 18.7. The fraction of sp³-hybridized carbons (Fsp3) is 0.435. The van der Waals surface area contributed by atoms with Gasteiger partial charge in [0, 0.05) is 65.2 Å². The maximum absolute atomic E-state index is 12.2. The standard InChI is InChI=1S/C31H31N2S.C15H28O2.Ir/c1-20(2)15-24-19-26-29(34-24)11-13-32-30(26)22-12-14-33(6)28(18-22)23-16-21-9-7-8-10-25(21)27(17-23)31(3,4)5;1-7-14(5,8-2)12(16)11-13(17)15(6,9-3)10-4;/h7-14,17-20H,6,15H2,1-5H3;11,16H,7-10H2,1-6H3;/q-1;;/b;12-11-;. The predicted octanol–water partition coefficient (Wildman–Crippen LogP) is 12.7. The number of pyridine rings is 2. The van der Waals surface area contributed by atoms with Gasteiger partial charge >= 0.3 is 0 Å². The van der Waals surface area contributed by atoms with Gasteiger partial charge in [0.25, 0.3) is 0 Å². The molecule has 1 radical (unpaired) electrons. The van der Waals surface area contributed by atoms with Crippen LogP contribution >= 0.6 is 11.3 Å². The van der Waals surface area contributed by atoms with E-state index in [1.807, 2.05) is 69.8 Å². The molecule has 6 heteroatoms. The third-order valence-corrected chi connectivity index (χ3v) is 12.0. The molecular weight excluding hydrogens is 837 g/mol. The molecule has 5 aromatic rings. The van der Waals surface area contributed by atoms with Crippen molar-refractivity contribution in [2.75, 3.05) is 0 Å². The fourth-order valence-corrected chi connectivity index (χ4v) is 7.60. The predicted molar refractivity (Wildman–Crippen MR) is 218 cm³/mol. The fourth-order valence-electron chi connectivity index (χ4n) is 6.33. The summed E-state index contributed by atoms with van der Waals surface area (Å²) >= 11 is 1.88. The normalized spacial score (nSPS) is 12.5. The zero-order valence-corrected chi connectivity index (χ0v) is 36.5. The second-order valence-electron chi connectivity index (χ2n) is 16.0. The number of aromatic nitrogens is 2. The second-order valence-corrected chi connectivity index (χ2v) is 17.1. The Morgan fingerprint density at radius 3 is 2.15 bits per heavy atom. The number of nitrogens with zero attached hydrogens (tertiary/aromatic N) is 2. The molecule has 0 fully saturated rings. The second kappa shape index (κ2) is 17.7. The number of carbonyl (C=O) groups excluding carboxylic acids is 1. The molecule has 0 aliphatic carbocycles. The molecule has 0 spiro atoms. The Bertz CT molecular complexity index is 2010. The van der Waals surface area contributed by atoms with Crippen LogP contribution < -0.4 is 4.57 Å². The molecule has 0 aliphatic heterocycles. The summed E-state index contributed by atoms with van der Waals surface area (Å²) in [6.07, 6.45) is 9.81. The van der Waals surface area contributed by atoms with Gasteiger partial charge in [-0.25, -0.2) is 0 Å². The molecule has 52 heavy (non-hydrogen) atoms. The van der Waals surface area contributed by atoms with E-state index in [4.69, 9.17) is 4.98 Å². The summed E-state index contributed by atoms with van der Waals surface area (Å²) in [5, 5.41) is 13.8. The number of aliphatic hydroxyl groups is 1. The maximum Gasteiger partial charge on any atom is 0.164 e. The van der Waals surface area contributed by atoms with Crippen molar-refractivity contribution in [3.05, 3.63) is 102 Å². The molecule has 1 N–H and O–H groups in total. The molecule has 0 saturated heterocycles. The number of fused-ring (bicyclic) bond motifs is 2. The van der Waals surface area contributed by atoms with Gasteiger partial charge in [0.05, 0.1) is 11.9 Å². The first-order valence-corrected chi connectivity index (χ1v) is 19.5. The summed E-state index contributed by atoms with van der Waals surface area (Å²) in [6, 6.07) is 23.3. The van der Waals surface area contributed by atoms with Crippen molar-refractivity contribution in [3.8, 4) is 22.5 Å². The largest absolute Gasteiger partial charge is 0.512 e. The third-order valence-electron chi connectivity index (χ3n) is 10.9. The number of aliphatic hydroxyl groups excluding tert-OH is 1. The van der Waals surface area contributed by atoms with Crippen LogP contribution in [0.25, 0.3) is 43.4 Å². The van der Waals surface area contributed by atoms with Crippen molar-refractivity contribution >= 4 is 38.0 Å². The smallest absolute Gasteiger partial charge is 0.164 e. The number of ketones is 1. The molecule has 3 aromatic heterocycles. The van der Waals surface area contributed by atoms with Crippen LogP contribution in [0.1, 0.15) is 112 Å². The number of carbonyl (C=O) groups is 1. The molecule has 0 bridgehead atoms. The summed E-state index contributed by atoms with van der Waals surface area (Å²) in [5.41, 5.74) is 4.95. The van der Waals surface area contributed by atoms with Crippen LogP contribution in [0.15, 0.2) is 78.8 Å². The van der Waals surface area contributed by atoms with Crippen LogP contribution in [0.2, 0.25) is 0 Å². The Balaban J connectivity index is 0.000000347. The molecule has 4 nitrogen and oxygen atoms in total. The Morgan fingerprint density at radius 1 is 0.923 bits per heavy atom. The van der Waals surface area contributed by atoms with Gasteiger partial charge in [0.2, 0.25) is 0 Å². The van der Waals surface area contributed by atoms with Gasteiger partial charge in [0.15, 0.2) is 5.78 Å². The van der Waals surface area contributed by atoms with E-state index in [2.05, 4.69) is 102 Å². The summed E-state index contributed by atoms with van der Waals surface area (Å²) in [6.45, 7) is 23.4.